The van der Waals surface area contributed by atoms with Crippen LogP contribution in [0.4, 0.5) is 4.79 Å². The third kappa shape index (κ3) is 4.06. The van der Waals surface area contributed by atoms with Gasteiger partial charge in [0.05, 0.1) is 24.8 Å². The van der Waals surface area contributed by atoms with Crippen molar-refractivity contribution in [1.82, 2.24) is 15.1 Å². The van der Waals surface area contributed by atoms with Crippen molar-refractivity contribution < 1.29 is 23.9 Å². The van der Waals surface area contributed by atoms with E-state index in [-0.39, 0.29) is 18.9 Å². The van der Waals surface area contributed by atoms with Gasteiger partial charge < -0.3 is 19.7 Å². The second kappa shape index (κ2) is 8.12. The minimum absolute atomic E-state index is 0.0280. The highest BCUT2D eigenvalue weighted by Crippen LogP contribution is 2.33. The minimum atomic E-state index is -1.02. The van der Waals surface area contributed by atoms with Gasteiger partial charge in [0.1, 0.15) is 11.8 Å². The number of rotatable bonds is 5. The fraction of sp³-hybridized carbons (Fsp3) is 0.381. The average Bonchev–Trinajstić information content (AvgIpc) is 3.33. The molecule has 2 aliphatic rings. The molecule has 8 nitrogen and oxygen atoms in total. The normalized spacial score (nSPS) is 21.1. The molecule has 9 heteroatoms. The Morgan fingerprint density at radius 3 is 2.53 bits per heavy atom. The largest absolute Gasteiger partial charge is 0.467 e. The van der Waals surface area contributed by atoms with Crippen LogP contribution < -0.4 is 5.32 Å². The fourth-order valence-corrected chi connectivity index (χ4v) is 4.03. The average molecular weight is 432 g/mol. The number of urea groups is 1. The quantitative estimate of drug-likeness (QED) is 0.707. The van der Waals surface area contributed by atoms with Gasteiger partial charge in [-0.3, -0.25) is 14.5 Å². The fourth-order valence-electron chi connectivity index (χ4n) is 3.90. The van der Waals surface area contributed by atoms with E-state index in [1.165, 1.54) is 6.26 Å². The highest BCUT2D eigenvalue weighted by molar-refractivity contribution is 6.30. The summed E-state index contributed by atoms with van der Waals surface area (Å²) in [4.78, 5) is 40.1. The first-order chi connectivity index (χ1) is 14.4. The van der Waals surface area contributed by atoms with Crippen molar-refractivity contribution in [2.24, 2.45) is 0 Å². The Bertz CT molecular complexity index is 936. The van der Waals surface area contributed by atoms with E-state index in [0.717, 1.165) is 10.5 Å². The molecular weight excluding hydrogens is 410 g/mol. The second-order valence-corrected chi connectivity index (χ2v) is 8.07. The van der Waals surface area contributed by atoms with E-state index in [0.29, 0.717) is 36.7 Å². The zero-order chi connectivity index (χ0) is 21.3. The number of piperidine rings is 1. The van der Waals surface area contributed by atoms with E-state index < -0.39 is 23.6 Å². The van der Waals surface area contributed by atoms with E-state index in [1.807, 2.05) is 0 Å². The number of imide groups is 1. The number of aliphatic hydroxyl groups is 1. The van der Waals surface area contributed by atoms with Crippen molar-refractivity contribution in [3.05, 3.63) is 59.0 Å². The molecule has 30 heavy (non-hydrogen) atoms. The van der Waals surface area contributed by atoms with E-state index >= 15 is 0 Å². The number of furan rings is 1. The Labute approximate surface area is 178 Å². The van der Waals surface area contributed by atoms with Crippen LogP contribution in [0.2, 0.25) is 5.02 Å². The van der Waals surface area contributed by atoms with Crippen molar-refractivity contribution in [2.75, 3.05) is 13.1 Å². The summed E-state index contributed by atoms with van der Waals surface area (Å²) in [5, 5.41) is 14.1. The van der Waals surface area contributed by atoms with Crippen molar-refractivity contribution in [1.29, 1.82) is 0 Å². The Balaban J connectivity index is 1.33. The van der Waals surface area contributed by atoms with Crippen LogP contribution in [0.25, 0.3) is 0 Å². The first-order valence-corrected chi connectivity index (χ1v) is 10.1. The summed E-state index contributed by atoms with van der Waals surface area (Å²) in [6.07, 6.45) is 2.13. The van der Waals surface area contributed by atoms with Gasteiger partial charge in [0.15, 0.2) is 0 Å². The lowest BCUT2D eigenvalue weighted by atomic mass is 9.84. The third-order valence-electron chi connectivity index (χ3n) is 5.70. The van der Waals surface area contributed by atoms with Crippen LogP contribution in [-0.4, -0.2) is 51.9 Å². The standard InChI is InChI=1S/C21H22ClN3O5/c22-15-5-3-14(4-6-15)21(29)7-9-24(10-8-21)18(26)12-17-19(27)25(20(28)23-17)13-16-2-1-11-30-16/h1-6,11,17,29H,7-10,12-13H2,(H,23,28). The minimum Gasteiger partial charge on any atom is -0.467 e. The molecule has 1 aromatic heterocycles. The molecule has 2 saturated heterocycles. The van der Waals surface area contributed by atoms with Crippen LogP contribution in [0.15, 0.2) is 47.1 Å². The summed E-state index contributed by atoms with van der Waals surface area (Å²) in [6, 6.07) is 8.97. The lowest BCUT2D eigenvalue weighted by Crippen LogP contribution is -2.47. The second-order valence-electron chi connectivity index (χ2n) is 7.63. The van der Waals surface area contributed by atoms with Crippen molar-refractivity contribution in [3.63, 3.8) is 0 Å². The van der Waals surface area contributed by atoms with Gasteiger partial charge in [0, 0.05) is 18.1 Å². The number of nitrogens with one attached hydrogen (secondary N) is 1. The number of carbonyl (C=O) groups excluding carboxylic acids is 3. The van der Waals surface area contributed by atoms with E-state index in [2.05, 4.69) is 5.32 Å². The van der Waals surface area contributed by atoms with Crippen LogP contribution in [0.3, 0.4) is 0 Å². The molecule has 3 heterocycles. The Hall–Kier alpha value is -2.84. The first-order valence-electron chi connectivity index (χ1n) is 9.76. The molecule has 2 aromatic rings. The van der Waals surface area contributed by atoms with Gasteiger partial charge in [-0.05, 0) is 42.7 Å². The summed E-state index contributed by atoms with van der Waals surface area (Å²) in [5.41, 5.74) is -0.246. The van der Waals surface area contributed by atoms with Gasteiger partial charge in [-0.15, -0.1) is 0 Å². The molecule has 0 aliphatic carbocycles. The number of halogens is 1. The monoisotopic (exact) mass is 431 g/mol. The molecule has 4 rings (SSSR count). The van der Waals surface area contributed by atoms with Crippen molar-refractivity contribution >= 4 is 29.4 Å². The topological polar surface area (TPSA) is 103 Å². The maximum Gasteiger partial charge on any atom is 0.325 e. The number of amides is 4. The van der Waals surface area contributed by atoms with Gasteiger partial charge in [-0.2, -0.15) is 0 Å². The van der Waals surface area contributed by atoms with Crippen LogP contribution in [-0.2, 0) is 21.7 Å². The van der Waals surface area contributed by atoms with Crippen molar-refractivity contribution in [3.8, 4) is 0 Å². The first kappa shape index (κ1) is 20.4. The Morgan fingerprint density at radius 2 is 1.90 bits per heavy atom. The Morgan fingerprint density at radius 1 is 1.20 bits per heavy atom. The molecule has 4 amide bonds. The molecule has 2 N–H and O–H groups in total. The lowest BCUT2D eigenvalue weighted by molar-refractivity contribution is -0.139. The molecule has 2 aliphatic heterocycles. The van der Waals surface area contributed by atoms with E-state index in [4.69, 9.17) is 16.0 Å². The van der Waals surface area contributed by atoms with Gasteiger partial charge in [-0.25, -0.2) is 4.79 Å². The summed E-state index contributed by atoms with van der Waals surface area (Å²) in [7, 11) is 0. The molecule has 2 fully saturated rings. The van der Waals surface area contributed by atoms with Gasteiger partial charge in [0.25, 0.3) is 5.91 Å². The molecule has 158 valence electrons. The zero-order valence-corrected chi connectivity index (χ0v) is 17.0. The molecule has 1 atom stereocenters. The Kier molecular flexibility index (Phi) is 5.53. The zero-order valence-electron chi connectivity index (χ0n) is 16.2. The van der Waals surface area contributed by atoms with Crippen LogP contribution in [0, 0.1) is 0 Å². The molecule has 0 bridgehead atoms. The highest BCUT2D eigenvalue weighted by atomic mass is 35.5. The van der Waals surface area contributed by atoms with Crippen molar-refractivity contribution in [2.45, 2.75) is 37.5 Å². The van der Waals surface area contributed by atoms with E-state index in [1.54, 1.807) is 41.3 Å². The predicted molar refractivity (Wildman–Crippen MR) is 107 cm³/mol. The van der Waals surface area contributed by atoms with Crippen LogP contribution in [0.5, 0.6) is 0 Å². The van der Waals surface area contributed by atoms with Gasteiger partial charge in [0.2, 0.25) is 5.91 Å². The molecule has 0 spiro atoms. The molecule has 1 unspecified atom stereocenters. The summed E-state index contributed by atoms with van der Waals surface area (Å²) in [5.74, 6) is -0.186. The number of nitrogens with zero attached hydrogens (tertiary/aromatic N) is 2. The third-order valence-corrected chi connectivity index (χ3v) is 5.96. The highest BCUT2D eigenvalue weighted by Gasteiger charge is 2.41. The van der Waals surface area contributed by atoms with Gasteiger partial charge >= 0.3 is 6.03 Å². The predicted octanol–water partition coefficient (Wildman–Crippen LogP) is 2.25. The number of likely N-dealkylation sites (tertiary alicyclic amines) is 1. The van der Waals surface area contributed by atoms with Crippen LogP contribution >= 0.6 is 11.6 Å². The summed E-state index contributed by atoms with van der Waals surface area (Å²) < 4.78 is 5.19. The maximum absolute atomic E-state index is 12.7. The molecule has 1 aromatic carbocycles. The van der Waals surface area contributed by atoms with Gasteiger partial charge in [-0.1, -0.05) is 23.7 Å². The summed E-state index contributed by atoms with van der Waals surface area (Å²) in [6.45, 7) is 0.756. The number of hydrogen-bond donors (Lipinski definition) is 2. The SMILES string of the molecule is O=C(CC1NC(=O)N(Cc2ccco2)C1=O)N1CCC(O)(c2ccc(Cl)cc2)CC1. The molecule has 0 saturated carbocycles. The smallest absolute Gasteiger partial charge is 0.325 e. The molecular formula is C21H22ClN3O5. The molecule has 0 radical (unpaired) electrons. The van der Waals surface area contributed by atoms with E-state index in [9.17, 15) is 19.5 Å². The number of carbonyl (C=O) groups is 3. The van der Waals surface area contributed by atoms with Crippen LogP contribution in [0.1, 0.15) is 30.6 Å². The number of benzene rings is 1. The number of hydrogen-bond acceptors (Lipinski definition) is 5. The maximum atomic E-state index is 12.7. The lowest BCUT2D eigenvalue weighted by Gasteiger charge is -2.38. The summed E-state index contributed by atoms with van der Waals surface area (Å²) >= 11 is 5.91.